The van der Waals surface area contributed by atoms with Crippen LogP contribution in [0.2, 0.25) is 0 Å². The SMILES string of the molecule is CC(C)(C)C1CCCC(=O)c2ccccc21. The van der Waals surface area contributed by atoms with Gasteiger partial charge < -0.3 is 0 Å². The molecule has 86 valence electrons. The van der Waals surface area contributed by atoms with E-state index in [9.17, 15) is 4.79 Å². The maximum atomic E-state index is 12.0. The molecule has 1 unspecified atom stereocenters. The summed E-state index contributed by atoms with van der Waals surface area (Å²) in [5, 5.41) is 0. The van der Waals surface area contributed by atoms with Gasteiger partial charge in [-0.15, -0.1) is 0 Å². The van der Waals surface area contributed by atoms with Gasteiger partial charge in [0.05, 0.1) is 0 Å². The number of hydrogen-bond acceptors (Lipinski definition) is 1. The highest BCUT2D eigenvalue weighted by atomic mass is 16.1. The number of fused-ring (bicyclic) bond motifs is 1. The summed E-state index contributed by atoms with van der Waals surface area (Å²) in [7, 11) is 0. The molecule has 1 nitrogen and oxygen atoms in total. The first-order valence-electron chi connectivity index (χ1n) is 6.12. The minimum absolute atomic E-state index is 0.237. The fourth-order valence-corrected chi connectivity index (χ4v) is 2.71. The van der Waals surface area contributed by atoms with Gasteiger partial charge in [-0.3, -0.25) is 4.79 Å². The van der Waals surface area contributed by atoms with Crippen molar-refractivity contribution >= 4 is 5.78 Å². The summed E-state index contributed by atoms with van der Waals surface area (Å²) in [6, 6.07) is 8.15. The molecule has 16 heavy (non-hydrogen) atoms. The predicted octanol–water partition coefficient (Wildman–Crippen LogP) is 4.18. The van der Waals surface area contributed by atoms with Gasteiger partial charge in [-0.2, -0.15) is 0 Å². The van der Waals surface area contributed by atoms with Crippen molar-refractivity contribution in [1.29, 1.82) is 0 Å². The second kappa shape index (κ2) is 4.04. The number of hydrogen-bond donors (Lipinski definition) is 0. The summed E-state index contributed by atoms with van der Waals surface area (Å²) >= 11 is 0. The molecule has 2 rings (SSSR count). The van der Waals surface area contributed by atoms with Gasteiger partial charge in [0.15, 0.2) is 5.78 Å². The van der Waals surface area contributed by atoms with Crippen molar-refractivity contribution in [1.82, 2.24) is 0 Å². The maximum Gasteiger partial charge on any atom is 0.163 e. The summed E-state index contributed by atoms with van der Waals surface area (Å²) in [6.45, 7) is 6.80. The van der Waals surface area contributed by atoms with Crippen LogP contribution in [0, 0.1) is 5.41 Å². The lowest BCUT2D eigenvalue weighted by atomic mass is 9.74. The molecule has 1 aromatic carbocycles. The van der Waals surface area contributed by atoms with Crippen molar-refractivity contribution in [2.45, 2.75) is 46.0 Å². The third kappa shape index (κ3) is 2.04. The van der Waals surface area contributed by atoms with E-state index in [4.69, 9.17) is 0 Å². The van der Waals surface area contributed by atoms with Crippen LogP contribution in [0.3, 0.4) is 0 Å². The largest absolute Gasteiger partial charge is 0.294 e. The molecule has 0 bridgehead atoms. The number of carbonyl (C=O) groups excluding carboxylic acids is 1. The highest BCUT2D eigenvalue weighted by Gasteiger charge is 2.31. The highest BCUT2D eigenvalue weighted by molar-refractivity contribution is 5.98. The number of Topliss-reactive ketones (excluding diaryl/α,β-unsaturated/α-hetero) is 1. The Balaban J connectivity index is 2.51. The van der Waals surface area contributed by atoms with E-state index in [1.807, 2.05) is 12.1 Å². The standard InChI is InChI=1S/C15H20O/c1-15(2,3)13-9-6-10-14(16)12-8-5-4-7-11(12)13/h4-5,7-8,13H,6,9-10H2,1-3H3. The molecule has 1 heteroatoms. The van der Waals surface area contributed by atoms with Gasteiger partial charge >= 0.3 is 0 Å². The van der Waals surface area contributed by atoms with E-state index in [1.165, 1.54) is 5.56 Å². The van der Waals surface area contributed by atoms with Crippen LogP contribution in [0.25, 0.3) is 0 Å². The summed E-state index contributed by atoms with van der Waals surface area (Å²) in [6.07, 6.45) is 2.87. The zero-order valence-electron chi connectivity index (χ0n) is 10.4. The fraction of sp³-hybridized carbons (Fsp3) is 0.533. The first-order valence-corrected chi connectivity index (χ1v) is 6.12. The van der Waals surface area contributed by atoms with E-state index in [0.29, 0.717) is 18.1 Å². The van der Waals surface area contributed by atoms with Gasteiger partial charge in [0.25, 0.3) is 0 Å². The summed E-state index contributed by atoms with van der Waals surface area (Å²) in [5.41, 5.74) is 2.46. The molecule has 0 fully saturated rings. The zero-order valence-corrected chi connectivity index (χ0v) is 10.4. The molecule has 0 saturated heterocycles. The van der Waals surface area contributed by atoms with E-state index in [1.54, 1.807) is 0 Å². The Labute approximate surface area is 97.9 Å². The van der Waals surface area contributed by atoms with Gasteiger partial charge in [0.2, 0.25) is 0 Å². The van der Waals surface area contributed by atoms with Gasteiger partial charge in [-0.25, -0.2) is 0 Å². The van der Waals surface area contributed by atoms with Gasteiger partial charge in [0.1, 0.15) is 0 Å². The molecule has 0 amide bonds. The van der Waals surface area contributed by atoms with Crippen molar-refractivity contribution in [2.24, 2.45) is 5.41 Å². The van der Waals surface area contributed by atoms with E-state index in [0.717, 1.165) is 18.4 Å². The second-order valence-corrected chi connectivity index (χ2v) is 5.82. The first kappa shape index (κ1) is 11.4. The molecule has 0 aliphatic heterocycles. The molecule has 0 radical (unpaired) electrons. The lowest BCUT2D eigenvalue weighted by molar-refractivity contribution is 0.0982. The molecule has 1 aromatic rings. The van der Waals surface area contributed by atoms with E-state index in [2.05, 4.69) is 32.9 Å². The zero-order chi connectivity index (χ0) is 11.8. The maximum absolute atomic E-state index is 12.0. The molecule has 1 aliphatic carbocycles. The number of ketones is 1. The number of benzene rings is 1. The predicted molar refractivity (Wildman–Crippen MR) is 66.8 cm³/mol. The van der Waals surface area contributed by atoms with Gasteiger partial charge in [-0.05, 0) is 29.7 Å². The van der Waals surface area contributed by atoms with Crippen LogP contribution in [-0.2, 0) is 0 Å². The Hall–Kier alpha value is -1.11. The Morgan fingerprint density at radius 2 is 1.88 bits per heavy atom. The van der Waals surface area contributed by atoms with Crippen LogP contribution in [0.5, 0.6) is 0 Å². The third-order valence-electron chi connectivity index (χ3n) is 3.58. The van der Waals surface area contributed by atoms with Gasteiger partial charge in [0, 0.05) is 12.0 Å². The second-order valence-electron chi connectivity index (χ2n) is 5.82. The van der Waals surface area contributed by atoms with Crippen LogP contribution in [0.4, 0.5) is 0 Å². The van der Waals surface area contributed by atoms with Gasteiger partial charge in [-0.1, -0.05) is 45.0 Å². The summed E-state index contributed by atoms with van der Waals surface area (Å²) < 4.78 is 0. The monoisotopic (exact) mass is 216 g/mol. The number of rotatable bonds is 0. The fourth-order valence-electron chi connectivity index (χ4n) is 2.71. The minimum Gasteiger partial charge on any atom is -0.294 e. The van der Waals surface area contributed by atoms with Crippen molar-refractivity contribution in [3.8, 4) is 0 Å². The normalized spacial score (nSPS) is 21.4. The Morgan fingerprint density at radius 3 is 2.56 bits per heavy atom. The van der Waals surface area contributed by atoms with Crippen LogP contribution in [0.1, 0.15) is 61.9 Å². The third-order valence-corrected chi connectivity index (χ3v) is 3.58. The molecule has 0 N–H and O–H groups in total. The Bertz CT molecular complexity index is 398. The molecule has 0 saturated carbocycles. The molecule has 1 atom stereocenters. The summed E-state index contributed by atoms with van der Waals surface area (Å²) in [5.74, 6) is 0.831. The Kier molecular flexibility index (Phi) is 2.88. The number of carbonyl (C=O) groups is 1. The topological polar surface area (TPSA) is 17.1 Å². The van der Waals surface area contributed by atoms with E-state index < -0.39 is 0 Å². The lowest BCUT2D eigenvalue weighted by Gasteiger charge is -2.31. The average molecular weight is 216 g/mol. The quantitative estimate of drug-likeness (QED) is 0.594. The molecule has 0 heterocycles. The van der Waals surface area contributed by atoms with Crippen LogP contribution in [-0.4, -0.2) is 5.78 Å². The summed E-state index contributed by atoms with van der Waals surface area (Å²) in [4.78, 5) is 12.0. The smallest absolute Gasteiger partial charge is 0.163 e. The highest BCUT2D eigenvalue weighted by Crippen LogP contribution is 2.42. The Morgan fingerprint density at radius 1 is 1.19 bits per heavy atom. The molecule has 1 aliphatic rings. The minimum atomic E-state index is 0.237. The van der Waals surface area contributed by atoms with E-state index >= 15 is 0 Å². The van der Waals surface area contributed by atoms with Crippen LogP contribution < -0.4 is 0 Å². The van der Waals surface area contributed by atoms with Crippen LogP contribution >= 0.6 is 0 Å². The average Bonchev–Trinajstić information content (AvgIpc) is 2.38. The van der Waals surface area contributed by atoms with Crippen molar-refractivity contribution in [2.75, 3.05) is 0 Å². The lowest BCUT2D eigenvalue weighted by Crippen LogP contribution is -2.19. The first-order chi connectivity index (χ1) is 7.50. The van der Waals surface area contributed by atoms with E-state index in [-0.39, 0.29) is 5.41 Å². The van der Waals surface area contributed by atoms with Crippen molar-refractivity contribution in [3.05, 3.63) is 35.4 Å². The molecule has 0 aromatic heterocycles. The molecule has 0 spiro atoms. The molecular weight excluding hydrogens is 196 g/mol. The molecular formula is C15H20O. The van der Waals surface area contributed by atoms with Crippen molar-refractivity contribution < 1.29 is 4.79 Å². The van der Waals surface area contributed by atoms with Crippen molar-refractivity contribution in [3.63, 3.8) is 0 Å². The van der Waals surface area contributed by atoms with Crippen LogP contribution in [0.15, 0.2) is 24.3 Å².